The van der Waals surface area contributed by atoms with Crippen LogP contribution in [0.25, 0.3) is 0 Å². The first-order valence-corrected chi connectivity index (χ1v) is 6.33. The summed E-state index contributed by atoms with van der Waals surface area (Å²) in [7, 11) is 0. The van der Waals surface area contributed by atoms with Crippen LogP contribution in [0.2, 0.25) is 0 Å². The van der Waals surface area contributed by atoms with Crippen molar-refractivity contribution in [2.24, 2.45) is 5.92 Å². The van der Waals surface area contributed by atoms with Gasteiger partial charge in [-0.2, -0.15) is 0 Å². The standard InChI is InChI=1S/C12H20N2O3/c1-12(10(15)16)6-2-8-14(12)11(17)13-7-5-9-3-4-9/h9H,2-8H2,1H3,(H,13,17)(H,15,16). The van der Waals surface area contributed by atoms with Crippen molar-refractivity contribution in [1.82, 2.24) is 10.2 Å². The molecular weight excluding hydrogens is 220 g/mol. The highest BCUT2D eigenvalue weighted by molar-refractivity contribution is 5.86. The largest absolute Gasteiger partial charge is 0.480 e. The van der Waals surface area contributed by atoms with Crippen molar-refractivity contribution in [2.75, 3.05) is 13.1 Å². The lowest BCUT2D eigenvalue weighted by Crippen LogP contribution is -2.54. The van der Waals surface area contributed by atoms with E-state index in [4.69, 9.17) is 0 Å². The highest BCUT2D eigenvalue weighted by atomic mass is 16.4. The van der Waals surface area contributed by atoms with Crippen LogP contribution in [0.5, 0.6) is 0 Å². The Balaban J connectivity index is 1.86. The fourth-order valence-electron chi connectivity index (χ4n) is 2.40. The zero-order valence-corrected chi connectivity index (χ0v) is 10.2. The van der Waals surface area contributed by atoms with Crippen LogP contribution in [-0.4, -0.2) is 40.6 Å². The van der Waals surface area contributed by atoms with Crippen molar-refractivity contribution in [3.63, 3.8) is 0 Å². The van der Waals surface area contributed by atoms with Gasteiger partial charge in [0.1, 0.15) is 5.54 Å². The SMILES string of the molecule is CC1(C(=O)O)CCCN1C(=O)NCCC1CC1. The Bertz CT molecular complexity index is 328. The van der Waals surface area contributed by atoms with Crippen LogP contribution >= 0.6 is 0 Å². The fraction of sp³-hybridized carbons (Fsp3) is 0.833. The average molecular weight is 240 g/mol. The Morgan fingerprint density at radius 3 is 2.76 bits per heavy atom. The summed E-state index contributed by atoms with van der Waals surface area (Å²) >= 11 is 0. The molecule has 0 aromatic heterocycles. The summed E-state index contributed by atoms with van der Waals surface area (Å²) in [5.74, 6) is -0.132. The summed E-state index contributed by atoms with van der Waals surface area (Å²) in [6, 6.07) is -0.229. The molecule has 0 radical (unpaired) electrons. The number of nitrogens with one attached hydrogen (secondary N) is 1. The smallest absolute Gasteiger partial charge is 0.329 e. The average Bonchev–Trinajstić information content (AvgIpc) is 3.00. The summed E-state index contributed by atoms with van der Waals surface area (Å²) in [5, 5.41) is 12.0. The number of hydrogen-bond donors (Lipinski definition) is 2. The molecule has 0 aromatic carbocycles. The van der Waals surface area contributed by atoms with Crippen molar-refractivity contribution in [3.05, 3.63) is 0 Å². The van der Waals surface area contributed by atoms with Crippen molar-refractivity contribution < 1.29 is 14.7 Å². The van der Waals surface area contributed by atoms with Crippen LogP contribution in [0.1, 0.15) is 39.0 Å². The van der Waals surface area contributed by atoms with Crippen molar-refractivity contribution in [3.8, 4) is 0 Å². The maximum absolute atomic E-state index is 11.9. The Kier molecular flexibility index (Phi) is 3.26. The first-order chi connectivity index (χ1) is 8.04. The van der Waals surface area contributed by atoms with Gasteiger partial charge in [0.15, 0.2) is 0 Å². The first-order valence-electron chi connectivity index (χ1n) is 6.33. The van der Waals surface area contributed by atoms with E-state index in [1.54, 1.807) is 6.92 Å². The molecule has 2 rings (SSSR count). The molecule has 0 aromatic rings. The quantitative estimate of drug-likeness (QED) is 0.781. The molecule has 1 aliphatic heterocycles. The minimum atomic E-state index is -1.02. The number of carboxylic acid groups (broad SMARTS) is 1. The number of carboxylic acids is 1. The summed E-state index contributed by atoms with van der Waals surface area (Å²) in [4.78, 5) is 24.6. The third-order valence-corrected chi connectivity index (χ3v) is 3.87. The van der Waals surface area contributed by atoms with Crippen LogP contribution in [-0.2, 0) is 4.79 Å². The number of aliphatic carboxylic acids is 1. The van der Waals surface area contributed by atoms with E-state index >= 15 is 0 Å². The second kappa shape index (κ2) is 4.55. The highest BCUT2D eigenvalue weighted by Gasteiger charge is 2.45. The number of nitrogens with zero attached hydrogens (tertiary/aromatic N) is 1. The van der Waals surface area contributed by atoms with Gasteiger partial charge in [-0.3, -0.25) is 0 Å². The van der Waals surface area contributed by atoms with Gasteiger partial charge in [0, 0.05) is 13.1 Å². The lowest BCUT2D eigenvalue weighted by molar-refractivity contribution is -0.147. The maximum atomic E-state index is 11.9. The third-order valence-electron chi connectivity index (χ3n) is 3.87. The lowest BCUT2D eigenvalue weighted by Gasteiger charge is -2.31. The van der Waals surface area contributed by atoms with Gasteiger partial charge in [-0.05, 0) is 32.1 Å². The van der Waals surface area contributed by atoms with Gasteiger partial charge >= 0.3 is 12.0 Å². The summed E-state index contributed by atoms with van der Waals surface area (Å²) in [6.07, 6.45) is 4.86. The van der Waals surface area contributed by atoms with Crippen molar-refractivity contribution >= 4 is 12.0 Å². The summed E-state index contributed by atoms with van der Waals surface area (Å²) < 4.78 is 0. The maximum Gasteiger partial charge on any atom is 0.329 e. The van der Waals surface area contributed by atoms with E-state index in [1.807, 2.05) is 0 Å². The molecule has 2 N–H and O–H groups in total. The van der Waals surface area contributed by atoms with E-state index in [1.165, 1.54) is 17.7 Å². The molecule has 1 heterocycles. The summed E-state index contributed by atoms with van der Waals surface area (Å²) in [5.41, 5.74) is -1.02. The number of rotatable bonds is 4. The normalized spacial score (nSPS) is 28.2. The Morgan fingerprint density at radius 2 is 2.18 bits per heavy atom. The van der Waals surface area contributed by atoms with Gasteiger partial charge in [-0.25, -0.2) is 9.59 Å². The molecule has 0 spiro atoms. The van der Waals surface area contributed by atoms with E-state index in [9.17, 15) is 14.7 Å². The van der Waals surface area contributed by atoms with Crippen molar-refractivity contribution in [2.45, 2.75) is 44.6 Å². The number of urea groups is 1. The zero-order valence-electron chi connectivity index (χ0n) is 10.2. The zero-order chi connectivity index (χ0) is 12.5. The molecule has 1 unspecified atom stereocenters. The molecule has 1 saturated heterocycles. The van der Waals surface area contributed by atoms with Gasteiger partial charge < -0.3 is 15.3 Å². The Labute approximate surface area is 101 Å². The van der Waals surface area contributed by atoms with E-state index in [2.05, 4.69) is 5.32 Å². The van der Waals surface area contributed by atoms with E-state index in [0.717, 1.165) is 18.8 Å². The minimum Gasteiger partial charge on any atom is -0.480 e. The molecule has 2 aliphatic rings. The number of carbonyl (C=O) groups is 2. The second-order valence-electron chi connectivity index (χ2n) is 5.30. The molecule has 96 valence electrons. The second-order valence-corrected chi connectivity index (χ2v) is 5.30. The van der Waals surface area contributed by atoms with Gasteiger partial charge in [-0.1, -0.05) is 12.8 Å². The number of likely N-dealkylation sites (tertiary alicyclic amines) is 1. The molecule has 1 saturated carbocycles. The molecule has 1 aliphatic carbocycles. The number of amides is 2. The highest BCUT2D eigenvalue weighted by Crippen LogP contribution is 2.32. The fourth-order valence-corrected chi connectivity index (χ4v) is 2.40. The van der Waals surface area contributed by atoms with Crippen LogP contribution in [0.4, 0.5) is 4.79 Å². The molecule has 5 heteroatoms. The lowest BCUT2D eigenvalue weighted by atomic mass is 10.00. The molecular formula is C12H20N2O3. The topological polar surface area (TPSA) is 69.6 Å². The van der Waals surface area contributed by atoms with Gasteiger partial charge in [0.2, 0.25) is 0 Å². The molecule has 0 bridgehead atoms. The van der Waals surface area contributed by atoms with Gasteiger partial charge in [0.25, 0.3) is 0 Å². The van der Waals surface area contributed by atoms with Gasteiger partial charge in [0.05, 0.1) is 0 Å². The minimum absolute atomic E-state index is 0.229. The van der Waals surface area contributed by atoms with Crippen LogP contribution < -0.4 is 5.32 Å². The number of hydrogen-bond acceptors (Lipinski definition) is 2. The molecule has 1 atom stereocenters. The molecule has 5 nitrogen and oxygen atoms in total. The predicted molar refractivity (Wildman–Crippen MR) is 62.7 cm³/mol. The van der Waals surface area contributed by atoms with Crippen LogP contribution in [0, 0.1) is 5.92 Å². The molecule has 2 fully saturated rings. The number of carbonyl (C=O) groups excluding carboxylic acids is 1. The van der Waals surface area contributed by atoms with E-state index < -0.39 is 11.5 Å². The Morgan fingerprint density at radius 1 is 1.47 bits per heavy atom. The van der Waals surface area contributed by atoms with E-state index in [-0.39, 0.29) is 6.03 Å². The van der Waals surface area contributed by atoms with Gasteiger partial charge in [-0.15, -0.1) is 0 Å². The van der Waals surface area contributed by atoms with Crippen LogP contribution in [0.15, 0.2) is 0 Å². The third kappa shape index (κ3) is 2.53. The monoisotopic (exact) mass is 240 g/mol. The molecule has 2 amide bonds. The summed E-state index contributed by atoms with van der Waals surface area (Å²) in [6.45, 7) is 2.83. The Hall–Kier alpha value is -1.26. The predicted octanol–water partition coefficient (Wildman–Crippen LogP) is 1.44. The first kappa shape index (κ1) is 12.2. The molecule has 17 heavy (non-hydrogen) atoms. The van der Waals surface area contributed by atoms with E-state index in [0.29, 0.717) is 19.5 Å². The van der Waals surface area contributed by atoms with Crippen molar-refractivity contribution in [1.29, 1.82) is 0 Å². The van der Waals surface area contributed by atoms with Crippen LogP contribution in [0.3, 0.4) is 0 Å².